The first kappa shape index (κ1) is 11.0. The van der Waals surface area contributed by atoms with Gasteiger partial charge in [0.25, 0.3) is 0 Å². The molecule has 0 atom stereocenters. The minimum atomic E-state index is 0.321. The van der Waals surface area contributed by atoms with Crippen molar-refractivity contribution in [2.24, 2.45) is 10.7 Å². The van der Waals surface area contributed by atoms with Gasteiger partial charge in [0.15, 0.2) is 5.96 Å². The van der Waals surface area contributed by atoms with Gasteiger partial charge in [0, 0.05) is 17.1 Å². The van der Waals surface area contributed by atoms with Crippen LogP contribution in [0.3, 0.4) is 0 Å². The van der Waals surface area contributed by atoms with E-state index in [9.17, 15) is 0 Å². The summed E-state index contributed by atoms with van der Waals surface area (Å²) in [5.74, 6) is 0.492. The monoisotopic (exact) mass is 212 g/mol. The smallest absolute Gasteiger partial charge is 0.189 e. The minimum absolute atomic E-state index is 0.321. The highest BCUT2D eigenvalue weighted by atomic mass is 32.1. The molecule has 3 N–H and O–H groups in total. The Morgan fingerprint density at radius 3 is 2.93 bits per heavy atom. The van der Waals surface area contributed by atoms with E-state index in [1.54, 1.807) is 11.3 Å². The molecule has 1 aromatic heterocycles. The van der Waals surface area contributed by atoms with Crippen molar-refractivity contribution < 1.29 is 0 Å². The first-order valence-electron chi connectivity index (χ1n) is 4.55. The van der Waals surface area contributed by atoms with Gasteiger partial charge in [-0.15, -0.1) is 11.3 Å². The normalized spacial score (nSPS) is 12.1. The second-order valence-corrected chi connectivity index (χ2v) is 4.67. The molecule has 0 amide bonds. The molecule has 0 radical (unpaired) electrons. The molecule has 0 saturated carbocycles. The molecule has 14 heavy (non-hydrogen) atoms. The third-order valence-electron chi connectivity index (χ3n) is 1.51. The van der Waals surface area contributed by atoms with E-state index in [0.29, 0.717) is 18.5 Å². The van der Waals surface area contributed by atoms with Crippen LogP contribution >= 0.6 is 11.3 Å². The van der Waals surface area contributed by atoms with Crippen LogP contribution in [0.25, 0.3) is 0 Å². The van der Waals surface area contributed by atoms with E-state index < -0.39 is 0 Å². The molecule has 5 heteroatoms. The van der Waals surface area contributed by atoms with E-state index in [1.807, 2.05) is 27.0 Å². The predicted molar refractivity (Wildman–Crippen MR) is 60.4 cm³/mol. The highest BCUT2D eigenvalue weighted by molar-refractivity contribution is 7.11. The van der Waals surface area contributed by atoms with Gasteiger partial charge in [-0.2, -0.15) is 0 Å². The van der Waals surface area contributed by atoms with Gasteiger partial charge >= 0.3 is 0 Å². The Labute approximate surface area is 88.3 Å². The van der Waals surface area contributed by atoms with Crippen LogP contribution in [0.1, 0.15) is 23.7 Å². The lowest BCUT2D eigenvalue weighted by Gasteiger charge is -2.07. The molecule has 0 fully saturated rings. The quantitative estimate of drug-likeness (QED) is 0.586. The van der Waals surface area contributed by atoms with Crippen LogP contribution in [0, 0.1) is 6.92 Å². The molecule has 0 saturated heterocycles. The molecule has 0 aliphatic carbocycles. The summed E-state index contributed by atoms with van der Waals surface area (Å²) in [6.45, 7) is 6.64. The lowest BCUT2D eigenvalue weighted by atomic mass is 10.4. The number of rotatable bonds is 3. The topological polar surface area (TPSA) is 63.3 Å². The van der Waals surface area contributed by atoms with Crippen molar-refractivity contribution in [1.82, 2.24) is 10.3 Å². The summed E-state index contributed by atoms with van der Waals surface area (Å²) >= 11 is 1.65. The van der Waals surface area contributed by atoms with E-state index in [1.165, 1.54) is 0 Å². The summed E-state index contributed by atoms with van der Waals surface area (Å²) in [5, 5.41) is 4.09. The van der Waals surface area contributed by atoms with E-state index in [-0.39, 0.29) is 0 Å². The van der Waals surface area contributed by atoms with Gasteiger partial charge in [0.1, 0.15) is 0 Å². The lowest BCUT2D eigenvalue weighted by molar-refractivity contribution is 0.724. The van der Waals surface area contributed by atoms with Crippen molar-refractivity contribution in [3.8, 4) is 0 Å². The summed E-state index contributed by atoms with van der Waals surface area (Å²) in [4.78, 5) is 9.48. The maximum Gasteiger partial charge on any atom is 0.189 e. The number of nitrogens with zero attached hydrogens (tertiary/aromatic N) is 2. The molecule has 0 unspecified atom stereocenters. The molecule has 0 bridgehead atoms. The van der Waals surface area contributed by atoms with Crippen LogP contribution in [-0.4, -0.2) is 17.0 Å². The molecule has 0 spiro atoms. The molecule has 4 nitrogen and oxygen atoms in total. The van der Waals surface area contributed by atoms with Crippen LogP contribution < -0.4 is 11.1 Å². The molecule has 0 aliphatic heterocycles. The fourth-order valence-corrected chi connectivity index (χ4v) is 1.70. The van der Waals surface area contributed by atoms with Gasteiger partial charge in [-0.05, 0) is 20.8 Å². The van der Waals surface area contributed by atoms with Crippen LogP contribution in [0.4, 0.5) is 0 Å². The Balaban J connectivity index is 2.46. The summed E-state index contributed by atoms with van der Waals surface area (Å²) in [6.07, 6.45) is 1.84. The highest BCUT2D eigenvalue weighted by Gasteiger charge is 1.98. The van der Waals surface area contributed by atoms with Crippen molar-refractivity contribution >= 4 is 17.3 Å². The average Bonchev–Trinajstić information content (AvgIpc) is 2.47. The summed E-state index contributed by atoms with van der Waals surface area (Å²) < 4.78 is 0. The Bertz CT molecular complexity index is 316. The third kappa shape index (κ3) is 3.74. The number of aromatic nitrogens is 1. The Morgan fingerprint density at radius 2 is 2.43 bits per heavy atom. The standard InChI is InChI=1S/C9H16N4S/c1-6(2)13-9(10)12-5-8-4-11-7(3)14-8/h4,6H,5H2,1-3H3,(H3,10,12,13). The number of guanidine groups is 1. The largest absolute Gasteiger partial charge is 0.370 e. The fourth-order valence-electron chi connectivity index (χ4n) is 0.983. The highest BCUT2D eigenvalue weighted by Crippen LogP contribution is 2.11. The van der Waals surface area contributed by atoms with Gasteiger partial charge in [0.2, 0.25) is 0 Å². The molecular formula is C9H16N4S. The summed E-state index contributed by atoms with van der Waals surface area (Å²) in [5.41, 5.74) is 5.65. The molecular weight excluding hydrogens is 196 g/mol. The van der Waals surface area contributed by atoms with Crippen LogP contribution in [-0.2, 0) is 6.54 Å². The molecule has 1 rings (SSSR count). The number of nitrogens with one attached hydrogen (secondary N) is 1. The van der Waals surface area contributed by atoms with Gasteiger partial charge in [-0.25, -0.2) is 9.98 Å². The van der Waals surface area contributed by atoms with E-state index in [2.05, 4.69) is 15.3 Å². The number of thiazole rings is 1. The molecule has 78 valence electrons. The number of hydrogen-bond donors (Lipinski definition) is 2. The zero-order valence-corrected chi connectivity index (χ0v) is 9.56. The number of nitrogens with two attached hydrogens (primary N) is 1. The fraction of sp³-hybridized carbons (Fsp3) is 0.556. The summed E-state index contributed by atoms with van der Waals surface area (Å²) in [6, 6.07) is 0.321. The zero-order valence-electron chi connectivity index (χ0n) is 8.74. The van der Waals surface area contributed by atoms with Gasteiger partial charge in [-0.1, -0.05) is 0 Å². The SMILES string of the molecule is Cc1ncc(CN=C(N)NC(C)C)s1. The third-order valence-corrected chi connectivity index (χ3v) is 2.41. The molecule has 1 heterocycles. The molecule has 0 aliphatic rings. The lowest BCUT2D eigenvalue weighted by Crippen LogP contribution is -2.36. The van der Waals surface area contributed by atoms with Crippen LogP contribution in [0.5, 0.6) is 0 Å². The van der Waals surface area contributed by atoms with Crippen molar-refractivity contribution in [2.75, 3.05) is 0 Å². The van der Waals surface area contributed by atoms with E-state index >= 15 is 0 Å². The van der Waals surface area contributed by atoms with E-state index in [0.717, 1.165) is 9.88 Å². The first-order chi connectivity index (χ1) is 6.58. The second-order valence-electron chi connectivity index (χ2n) is 3.35. The number of aliphatic imine (C=N–C) groups is 1. The van der Waals surface area contributed by atoms with Crippen LogP contribution in [0.2, 0.25) is 0 Å². The first-order valence-corrected chi connectivity index (χ1v) is 5.37. The predicted octanol–water partition coefficient (Wildman–Crippen LogP) is 1.26. The van der Waals surface area contributed by atoms with Crippen molar-refractivity contribution in [3.63, 3.8) is 0 Å². The Hall–Kier alpha value is -1.10. The maximum atomic E-state index is 5.65. The number of aryl methyl sites for hydroxylation is 1. The van der Waals surface area contributed by atoms with Gasteiger partial charge in [0.05, 0.1) is 11.6 Å². The van der Waals surface area contributed by atoms with Crippen molar-refractivity contribution in [3.05, 3.63) is 16.1 Å². The Morgan fingerprint density at radius 1 is 1.71 bits per heavy atom. The molecule has 1 aromatic rings. The maximum absolute atomic E-state index is 5.65. The molecule has 0 aromatic carbocycles. The van der Waals surface area contributed by atoms with Crippen LogP contribution in [0.15, 0.2) is 11.2 Å². The van der Waals surface area contributed by atoms with Crippen molar-refractivity contribution in [1.29, 1.82) is 0 Å². The average molecular weight is 212 g/mol. The zero-order chi connectivity index (χ0) is 10.6. The number of hydrogen-bond acceptors (Lipinski definition) is 3. The van der Waals surface area contributed by atoms with Gasteiger partial charge in [-0.3, -0.25) is 0 Å². The summed E-state index contributed by atoms with van der Waals surface area (Å²) in [7, 11) is 0. The van der Waals surface area contributed by atoms with Gasteiger partial charge < -0.3 is 11.1 Å². The Kier molecular flexibility index (Phi) is 3.88. The second kappa shape index (κ2) is 4.95. The minimum Gasteiger partial charge on any atom is -0.370 e. The van der Waals surface area contributed by atoms with E-state index in [4.69, 9.17) is 5.73 Å². The van der Waals surface area contributed by atoms with Crippen molar-refractivity contribution in [2.45, 2.75) is 33.4 Å².